The summed E-state index contributed by atoms with van der Waals surface area (Å²) in [5.41, 5.74) is 1.96. The molecule has 10 heteroatoms. The SMILES string of the molecule is CC(C)[C@H]1CC[C@@H](C)C[C@@H]1OC(=O)C(=NNc1ccc([N+](=O)[O-])cc1[N+](=O)[O-])c1ccccc1. The molecule has 2 aromatic carbocycles. The van der Waals surface area contributed by atoms with E-state index in [1.807, 2.05) is 0 Å². The summed E-state index contributed by atoms with van der Waals surface area (Å²) in [5, 5.41) is 26.6. The van der Waals surface area contributed by atoms with Gasteiger partial charge in [0, 0.05) is 11.6 Å². The van der Waals surface area contributed by atoms with Gasteiger partial charge in [-0.25, -0.2) is 4.79 Å². The molecule has 1 saturated carbocycles. The van der Waals surface area contributed by atoms with Crippen LogP contribution in [0.1, 0.15) is 45.6 Å². The Labute approximate surface area is 197 Å². The van der Waals surface area contributed by atoms with Gasteiger partial charge in [0.05, 0.1) is 15.9 Å². The number of anilines is 1. The molecule has 34 heavy (non-hydrogen) atoms. The average molecular weight is 469 g/mol. The number of hydrogen-bond donors (Lipinski definition) is 1. The van der Waals surface area contributed by atoms with Crippen LogP contribution in [0.25, 0.3) is 0 Å². The van der Waals surface area contributed by atoms with Crippen molar-refractivity contribution in [2.45, 2.75) is 46.1 Å². The Bertz CT molecular complexity index is 1090. The average Bonchev–Trinajstić information content (AvgIpc) is 2.79. The van der Waals surface area contributed by atoms with Gasteiger partial charge in [0.15, 0.2) is 5.71 Å². The summed E-state index contributed by atoms with van der Waals surface area (Å²) in [5.74, 6) is 0.392. The molecule has 2 aromatic rings. The van der Waals surface area contributed by atoms with Gasteiger partial charge in [0.25, 0.3) is 5.69 Å². The normalized spacial score (nSPS) is 20.6. The Balaban J connectivity index is 1.92. The molecule has 0 spiro atoms. The van der Waals surface area contributed by atoms with Crippen LogP contribution in [-0.2, 0) is 9.53 Å². The topological polar surface area (TPSA) is 137 Å². The smallest absolute Gasteiger partial charge is 0.359 e. The quantitative estimate of drug-likeness (QED) is 0.239. The fraction of sp³-hybridized carbons (Fsp3) is 0.417. The van der Waals surface area contributed by atoms with Crippen LogP contribution >= 0.6 is 0 Å². The van der Waals surface area contributed by atoms with Crippen molar-refractivity contribution in [3.63, 3.8) is 0 Å². The number of hydrazone groups is 1. The third-order valence-electron chi connectivity index (χ3n) is 6.14. The van der Waals surface area contributed by atoms with Crippen LogP contribution in [0, 0.1) is 38.0 Å². The number of carbonyl (C=O) groups excluding carboxylic acids is 1. The Morgan fingerprint density at radius 2 is 1.79 bits per heavy atom. The van der Waals surface area contributed by atoms with Crippen molar-refractivity contribution >= 4 is 28.7 Å². The standard InChI is InChI=1S/C24H28N4O6/c1-15(2)19-11-9-16(3)13-22(19)34-24(29)23(17-7-5-4-6-8-17)26-25-20-12-10-18(27(30)31)14-21(20)28(32)33/h4-8,10,12,14-16,19,22,25H,9,11,13H2,1-3H3/t16-,19-,22+/m1/s1. The molecule has 0 saturated heterocycles. The molecule has 3 rings (SSSR count). The van der Waals surface area contributed by atoms with E-state index in [1.165, 1.54) is 6.07 Å². The number of nitrogens with zero attached hydrogens (tertiary/aromatic N) is 3. The highest BCUT2D eigenvalue weighted by molar-refractivity contribution is 6.43. The molecule has 0 unspecified atom stereocenters. The predicted octanol–water partition coefficient (Wildman–Crippen LogP) is 5.32. The van der Waals surface area contributed by atoms with Crippen LogP contribution in [0.15, 0.2) is 53.6 Å². The highest BCUT2D eigenvalue weighted by Gasteiger charge is 2.34. The number of esters is 1. The van der Waals surface area contributed by atoms with E-state index >= 15 is 0 Å². The molecule has 0 heterocycles. The largest absolute Gasteiger partial charge is 0.457 e. The van der Waals surface area contributed by atoms with Crippen molar-refractivity contribution in [2.75, 3.05) is 5.43 Å². The van der Waals surface area contributed by atoms with Crippen molar-refractivity contribution in [3.05, 3.63) is 74.3 Å². The van der Waals surface area contributed by atoms with Gasteiger partial charge in [-0.2, -0.15) is 5.10 Å². The second-order valence-electron chi connectivity index (χ2n) is 8.92. The lowest BCUT2D eigenvalue weighted by atomic mass is 9.75. The van der Waals surface area contributed by atoms with E-state index in [2.05, 4.69) is 31.3 Å². The number of ether oxygens (including phenoxy) is 1. The molecule has 0 radical (unpaired) electrons. The van der Waals surface area contributed by atoms with Gasteiger partial charge in [-0.05, 0) is 36.7 Å². The van der Waals surface area contributed by atoms with E-state index in [1.54, 1.807) is 30.3 Å². The van der Waals surface area contributed by atoms with Crippen LogP contribution in [0.3, 0.4) is 0 Å². The molecule has 3 atom stereocenters. The Morgan fingerprint density at radius 1 is 1.09 bits per heavy atom. The number of carbonyl (C=O) groups is 1. The molecule has 1 fully saturated rings. The summed E-state index contributed by atoms with van der Waals surface area (Å²) in [6.07, 6.45) is 2.57. The molecule has 1 aliphatic rings. The monoisotopic (exact) mass is 468 g/mol. The number of nitrogens with one attached hydrogen (secondary N) is 1. The number of non-ortho nitro benzene ring substituents is 1. The van der Waals surface area contributed by atoms with Crippen molar-refractivity contribution in [1.82, 2.24) is 0 Å². The maximum absolute atomic E-state index is 13.3. The number of hydrogen-bond acceptors (Lipinski definition) is 8. The molecule has 0 aliphatic heterocycles. The minimum Gasteiger partial charge on any atom is -0.457 e. The fourth-order valence-electron chi connectivity index (χ4n) is 4.26. The zero-order valence-electron chi connectivity index (χ0n) is 19.3. The summed E-state index contributed by atoms with van der Waals surface area (Å²) in [6.45, 7) is 6.37. The Hall–Kier alpha value is -3.82. The van der Waals surface area contributed by atoms with Gasteiger partial charge in [-0.1, -0.05) is 57.5 Å². The third kappa shape index (κ3) is 5.94. The number of rotatable bonds is 8. The highest BCUT2D eigenvalue weighted by Crippen LogP contribution is 2.35. The van der Waals surface area contributed by atoms with Crippen LogP contribution in [0.4, 0.5) is 17.1 Å². The minimum absolute atomic E-state index is 0.0333. The number of nitro groups is 2. The summed E-state index contributed by atoms with van der Waals surface area (Å²) in [4.78, 5) is 34.2. The molecule has 1 aliphatic carbocycles. The maximum atomic E-state index is 13.3. The minimum atomic E-state index is -0.748. The first-order chi connectivity index (χ1) is 16.2. The van der Waals surface area contributed by atoms with Gasteiger partial charge in [-0.15, -0.1) is 0 Å². The maximum Gasteiger partial charge on any atom is 0.359 e. The second-order valence-corrected chi connectivity index (χ2v) is 8.92. The summed E-state index contributed by atoms with van der Waals surface area (Å²) >= 11 is 0. The van der Waals surface area contributed by atoms with E-state index in [-0.39, 0.29) is 23.4 Å². The molecular weight excluding hydrogens is 440 g/mol. The van der Waals surface area contributed by atoms with Crippen LogP contribution in [-0.4, -0.2) is 27.6 Å². The van der Waals surface area contributed by atoms with E-state index in [9.17, 15) is 25.0 Å². The Kier molecular flexibility index (Phi) is 7.93. The van der Waals surface area contributed by atoms with Crippen LogP contribution in [0.2, 0.25) is 0 Å². The van der Waals surface area contributed by atoms with E-state index < -0.39 is 27.2 Å². The lowest BCUT2D eigenvalue weighted by molar-refractivity contribution is -0.393. The summed E-state index contributed by atoms with van der Waals surface area (Å²) in [6, 6.07) is 11.8. The third-order valence-corrected chi connectivity index (χ3v) is 6.14. The lowest BCUT2D eigenvalue weighted by Gasteiger charge is -2.36. The highest BCUT2D eigenvalue weighted by atomic mass is 16.6. The van der Waals surface area contributed by atoms with Crippen LogP contribution < -0.4 is 5.43 Å². The van der Waals surface area contributed by atoms with Crippen molar-refractivity contribution in [1.29, 1.82) is 0 Å². The van der Waals surface area contributed by atoms with Gasteiger partial charge < -0.3 is 4.74 Å². The number of benzene rings is 2. The first-order valence-corrected chi connectivity index (χ1v) is 11.2. The molecule has 0 amide bonds. The molecular formula is C24H28N4O6. The molecule has 0 aromatic heterocycles. The van der Waals surface area contributed by atoms with Crippen molar-refractivity contribution in [3.8, 4) is 0 Å². The predicted molar refractivity (Wildman–Crippen MR) is 128 cm³/mol. The first kappa shape index (κ1) is 24.8. The summed E-state index contributed by atoms with van der Waals surface area (Å²) < 4.78 is 5.94. The second kappa shape index (κ2) is 10.9. The fourth-order valence-corrected chi connectivity index (χ4v) is 4.26. The number of nitro benzene ring substituents is 2. The Morgan fingerprint density at radius 3 is 2.41 bits per heavy atom. The van der Waals surface area contributed by atoms with Gasteiger partial charge >= 0.3 is 11.7 Å². The first-order valence-electron chi connectivity index (χ1n) is 11.2. The van der Waals surface area contributed by atoms with Crippen molar-refractivity contribution in [2.24, 2.45) is 22.9 Å². The molecule has 10 nitrogen and oxygen atoms in total. The van der Waals surface area contributed by atoms with E-state index in [0.29, 0.717) is 17.4 Å². The van der Waals surface area contributed by atoms with Gasteiger partial charge in [0.1, 0.15) is 11.8 Å². The molecule has 0 bridgehead atoms. The van der Waals surface area contributed by atoms with Gasteiger partial charge in [0.2, 0.25) is 0 Å². The zero-order chi connectivity index (χ0) is 24.8. The lowest BCUT2D eigenvalue weighted by Crippen LogP contribution is -2.37. The zero-order valence-corrected chi connectivity index (χ0v) is 19.3. The molecule has 180 valence electrons. The summed E-state index contributed by atoms with van der Waals surface area (Å²) in [7, 11) is 0. The van der Waals surface area contributed by atoms with Gasteiger partial charge in [-0.3, -0.25) is 25.7 Å². The van der Waals surface area contributed by atoms with Crippen molar-refractivity contribution < 1.29 is 19.4 Å². The van der Waals surface area contributed by atoms with E-state index in [0.717, 1.165) is 31.4 Å². The van der Waals surface area contributed by atoms with E-state index in [4.69, 9.17) is 4.74 Å². The molecule has 1 N–H and O–H groups in total. The van der Waals surface area contributed by atoms with Crippen LogP contribution in [0.5, 0.6) is 0 Å².